The van der Waals surface area contributed by atoms with Crippen molar-refractivity contribution >= 4 is 5.91 Å². The van der Waals surface area contributed by atoms with Gasteiger partial charge >= 0.3 is 0 Å². The molecule has 2 aromatic rings. The molecule has 2 heterocycles. The number of amides is 1. The number of nitrogens with zero attached hydrogens (tertiary/aromatic N) is 3. The van der Waals surface area contributed by atoms with E-state index >= 15 is 0 Å². The first-order valence-electron chi connectivity index (χ1n) is 9.20. The Labute approximate surface area is 149 Å². The lowest BCUT2D eigenvalue weighted by atomic mass is 10.1. The molecule has 0 radical (unpaired) electrons. The van der Waals surface area contributed by atoms with Gasteiger partial charge in [-0.3, -0.25) is 4.79 Å². The first-order chi connectivity index (χ1) is 12.2. The van der Waals surface area contributed by atoms with Gasteiger partial charge < -0.3 is 9.64 Å². The summed E-state index contributed by atoms with van der Waals surface area (Å²) in [5, 5.41) is 4.84. The van der Waals surface area contributed by atoms with Gasteiger partial charge in [-0.1, -0.05) is 32.4 Å². The molecule has 25 heavy (non-hydrogen) atoms. The van der Waals surface area contributed by atoms with Crippen molar-refractivity contribution in [3.63, 3.8) is 0 Å². The molecule has 1 aliphatic rings. The predicted octanol–water partition coefficient (Wildman–Crippen LogP) is 3.17. The smallest absolute Gasteiger partial charge is 0.257 e. The Morgan fingerprint density at radius 2 is 2.00 bits per heavy atom. The molecule has 0 aliphatic carbocycles. The fraction of sp³-hybridized carbons (Fsp3) is 0.500. The van der Waals surface area contributed by atoms with Gasteiger partial charge in [0.15, 0.2) is 0 Å². The molecular formula is C20H27N3O2. The Balaban J connectivity index is 2.07. The second-order valence-corrected chi connectivity index (χ2v) is 6.53. The zero-order valence-corrected chi connectivity index (χ0v) is 15.4. The number of aromatic nitrogens is 2. The van der Waals surface area contributed by atoms with E-state index in [1.807, 2.05) is 15.6 Å². The second-order valence-electron chi connectivity index (χ2n) is 6.53. The number of morpholine rings is 1. The van der Waals surface area contributed by atoms with E-state index in [-0.39, 0.29) is 5.91 Å². The number of hydrogen-bond acceptors (Lipinski definition) is 3. The van der Waals surface area contributed by atoms with E-state index in [2.05, 4.69) is 39.0 Å². The monoisotopic (exact) mass is 341 g/mol. The fourth-order valence-corrected chi connectivity index (χ4v) is 3.39. The Kier molecular flexibility index (Phi) is 5.53. The van der Waals surface area contributed by atoms with Crippen molar-refractivity contribution in [1.29, 1.82) is 0 Å². The summed E-state index contributed by atoms with van der Waals surface area (Å²) in [6, 6.07) is 8.28. The SMILES string of the molecule is CCCc1nn(-c2cccc(C)c2)c(CC)c1C(=O)N1CCOCC1. The second kappa shape index (κ2) is 7.83. The third-order valence-corrected chi connectivity index (χ3v) is 4.63. The summed E-state index contributed by atoms with van der Waals surface area (Å²) in [6.07, 6.45) is 2.56. The molecule has 0 atom stereocenters. The van der Waals surface area contributed by atoms with Crippen LogP contribution in [0.3, 0.4) is 0 Å². The summed E-state index contributed by atoms with van der Waals surface area (Å²) < 4.78 is 7.36. The maximum Gasteiger partial charge on any atom is 0.257 e. The molecule has 0 N–H and O–H groups in total. The van der Waals surface area contributed by atoms with Crippen molar-refractivity contribution in [3.8, 4) is 5.69 Å². The first kappa shape index (κ1) is 17.7. The normalized spacial score (nSPS) is 14.8. The van der Waals surface area contributed by atoms with Gasteiger partial charge in [0.25, 0.3) is 5.91 Å². The number of rotatable bonds is 5. The quantitative estimate of drug-likeness (QED) is 0.839. The van der Waals surface area contributed by atoms with Crippen molar-refractivity contribution in [2.75, 3.05) is 26.3 Å². The molecule has 1 saturated heterocycles. The van der Waals surface area contributed by atoms with Crippen LogP contribution in [-0.4, -0.2) is 46.9 Å². The topological polar surface area (TPSA) is 47.4 Å². The van der Waals surface area contributed by atoms with Crippen LogP contribution in [-0.2, 0) is 17.6 Å². The number of ether oxygens (including phenoxy) is 1. The molecule has 5 heteroatoms. The van der Waals surface area contributed by atoms with Gasteiger partial charge in [-0.2, -0.15) is 5.10 Å². The summed E-state index contributed by atoms with van der Waals surface area (Å²) >= 11 is 0. The molecule has 1 amide bonds. The number of carbonyl (C=O) groups is 1. The van der Waals surface area contributed by atoms with E-state index in [4.69, 9.17) is 9.84 Å². The molecule has 0 saturated carbocycles. The summed E-state index contributed by atoms with van der Waals surface area (Å²) in [5.41, 5.74) is 4.93. The number of benzene rings is 1. The highest BCUT2D eigenvalue weighted by Crippen LogP contribution is 2.23. The minimum absolute atomic E-state index is 0.0995. The lowest BCUT2D eigenvalue weighted by Crippen LogP contribution is -2.41. The van der Waals surface area contributed by atoms with E-state index in [1.165, 1.54) is 5.56 Å². The van der Waals surface area contributed by atoms with Crippen LogP contribution < -0.4 is 0 Å². The highest BCUT2D eigenvalue weighted by Gasteiger charge is 2.27. The van der Waals surface area contributed by atoms with E-state index < -0.39 is 0 Å². The van der Waals surface area contributed by atoms with Crippen molar-refractivity contribution in [3.05, 3.63) is 46.8 Å². The van der Waals surface area contributed by atoms with Crippen LogP contribution in [0.5, 0.6) is 0 Å². The maximum absolute atomic E-state index is 13.2. The van der Waals surface area contributed by atoms with Crippen LogP contribution in [0.1, 0.15) is 47.6 Å². The minimum Gasteiger partial charge on any atom is -0.378 e. The zero-order valence-electron chi connectivity index (χ0n) is 15.4. The maximum atomic E-state index is 13.2. The van der Waals surface area contributed by atoms with Gasteiger partial charge in [0, 0.05) is 13.1 Å². The van der Waals surface area contributed by atoms with Crippen LogP contribution in [0.25, 0.3) is 5.69 Å². The third-order valence-electron chi connectivity index (χ3n) is 4.63. The average molecular weight is 341 g/mol. The lowest BCUT2D eigenvalue weighted by Gasteiger charge is -2.27. The molecule has 5 nitrogen and oxygen atoms in total. The molecular weight excluding hydrogens is 314 g/mol. The van der Waals surface area contributed by atoms with Gasteiger partial charge in [0.2, 0.25) is 0 Å². The van der Waals surface area contributed by atoms with E-state index in [0.29, 0.717) is 26.3 Å². The van der Waals surface area contributed by atoms with E-state index in [9.17, 15) is 4.79 Å². The number of hydrogen-bond donors (Lipinski definition) is 0. The zero-order chi connectivity index (χ0) is 17.8. The summed E-state index contributed by atoms with van der Waals surface area (Å²) in [5.74, 6) is 0.0995. The van der Waals surface area contributed by atoms with Gasteiger partial charge in [0.1, 0.15) is 0 Å². The van der Waals surface area contributed by atoms with E-state index in [0.717, 1.165) is 41.9 Å². The lowest BCUT2D eigenvalue weighted by molar-refractivity contribution is 0.0301. The average Bonchev–Trinajstić information content (AvgIpc) is 3.00. The molecule has 1 aromatic carbocycles. The Morgan fingerprint density at radius 1 is 1.24 bits per heavy atom. The number of carbonyl (C=O) groups excluding carboxylic acids is 1. The summed E-state index contributed by atoms with van der Waals surface area (Å²) in [4.78, 5) is 15.1. The third kappa shape index (κ3) is 3.61. The van der Waals surface area contributed by atoms with Crippen molar-refractivity contribution in [1.82, 2.24) is 14.7 Å². The molecule has 3 rings (SSSR count). The number of aryl methyl sites for hydroxylation is 2. The summed E-state index contributed by atoms with van der Waals surface area (Å²) in [6.45, 7) is 8.83. The molecule has 0 spiro atoms. The van der Waals surface area contributed by atoms with E-state index in [1.54, 1.807) is 0 Å². The molecule has 1 aliphatic heterocycles. The van der Waals surface area contributed by atoms with Gasteiger partial charge in [0.05, 0.1) is 35.9 Å². The summed E-state index contributed by atoms with van der Waals surface area (Å²) in [7, 11) is 0. The standard InChI is InChI=1S/C20H27N3O2/c1-4-7-17-19(20(24)22-10-12-25-13-11-22)18(5-2)23(21-17)16-9-6-8-15(3)14-16/h6,8-9,14H,4-5,7,10-13H2,1-3H3. The predicted molar refractivity (Wildman–Crippen MR) is 98.4 cm³/mol. The highest BCUT2D eigenvalue weighted by atomic mass is 16.5. The van der Waals surface area contributed by atoms with Crippen LogP contribution >= 0.6 is 0 Å². The first-order valence-corrected chi connectivity index (χ1v) is 9.20. The van der Waals surface area contributed by atoms with Crippen LogP contribution in [0.2, 0.25) is 0 Å². The van der Waals surface area contributed by atoms with Crippen LogP contribution in [0.4, 0.5) is 0 Å². The minimum atomic E-state index is 0.0995. The Morgan fingerprint density at radius 3 is 2.64 bits per heavy atom. The fourth-order valence-electron chi connectivity index (χ4n) is 3.39. The van der Waals surface area contributed by atoms with Gasteiger partial charge in [-0.05, 0) is 37.5 Å². The molecule has 1 aromatic heterocycles. The molecule has 134 valence electrons. The van der Waals surface area contributed by atoms with Gasteiger partial charge in [-0.15, -0.1) is 0 Å². The van der Waals surface area contributed by atoms with Crippen LogP contribution in [0, 0.1) is 6.92 Å². The molecule has 1 fully saturated rings. The molecule has 0 unspecified atom stereocenters. The van der Waals surface area contributed by atoms with Crippen molar-refractivity contribution < 1.29 is 9.53 Å². The van der Waals surface area contributed by atoms with Gasteiger partial charge in [-0.25, -0.2) is 4.68 Å². The van der Waals surface area contributed by atoms with Crippen molar-refractivity contribution in [2.24, 2.45) is 0 Å². The highest BCUT2D eigenvalue weighted by molar-refractivity contribution is 5.96. The largest absolute Gasteiger partial charge is 0.378 e. The Hall–Kier alpha value is -2.14. The Bertz CT molecular complexity index is 745. The van der Waals surface area contributed by atoms with Crippen LogP contribution in [0.15, 0.2) is 24.3 Å². The van der Waals surface area contributed by atoms with Crippen molar-refractivity contribution in [2.45, 2.75) is 40.0 Å². The molecule has 0 bridgehead atoms.